The fourth-order valence-corrected chi connectivity index (χ4v) is 3.34. The minimum absolute atomic E-state index is 0.0130. The molecule has 0 bridgehead atoms. The van der Waals surface area contributed by atoms with Gasteiger partial charge in [0.1, 0.15) is 11.6 Å². The van der Waals surface area contributed by atoms with Crippen LogP contribution in [0.5, 0.6) is 5.88 Å². The lowest BCUT2D eigenvalue weighted by atomic mass is 10.2. The average molecular weight is 378 g/mol. The zero-order valence-corrected chi connectivity index (χ0v) is 15.7. The van der Waals surface area contributed by atoms with Crippen LogP contribution in [0.15, 0.2) is 42.6 Å². The second-order valence-electron chi connectivity index (χ2n) is 6.70. The summed E-state index contributed by atoms with van der Waals surface area (Å²) in [6.45, 7) is 3.42. The maximum absolute atomic E-state index is 12.6. The second-order valence-corrected chi connectivity index (χ2v) is 6.70. The molecule has 0 radical (unpaired) electrons. The third-order valence-electron chi connectivity index (χ3n) is 4.90. The van der Waals surface area contributed by atoms with E-state index in [2.05, 4.69) is 19.9 Å². The number of fused-ring (bicyclic) bond motifs is 1. The lowest BCUT2D eigenvalue weighted by Gasteiger charge is -2.34. The summed E-state index contributed by atoms with van der Waals surface area (Å²) >= 11 is 0. The van der Waals surface area contributed by atoms with Gasteiger partial charge in [0, 0.05) is 43.8 Å². The van der Waals surface area contributed by atoms with Gasteiger partial charge in [0.05, 0.1) is 24.7 Å². The van der Waals surface area contributed by atoms with Crippen LogP contribution in [0, 0.1) is 0 Å². The summed E-state index contributed by atoms with van der Waals surface area (Å²) in [4.78, 5) is 29.9. The number of para-hydroxylation sites is 1. The molecule has 1 fully saturated rings. The zero-order chi connectivity index (χ0) is 19.5. The molecule has 1 amide bonds. The molecule has 0 saturated carbocycles. The number of ether oxygens (including phenoxy) is 1. The van der Waals surface area contributed by atoms with E-state index in [1.54, 1.807) is 25.4 Å². The normalized spacial score (nSPS) is 15.0. The Kier molecular flexibility index (Phi) is 5.03. The number of rotatable bonds is 4. The molecule has 8 nitrogen and oxygen atoms in total. The number of amides is 1. The zero-order valence-electron chi connectivity index (χ0n) is 15.7. The summed E-state index contributed by atoms with van der Waals surface area (Å²) < 4.78 is 5.04. The quantitative estimate of drug-likeness (QED) is 0.736. The molecule has 1 aliphatic heterocycles. The van der Waals surface area contributed by atoms with Crippen molar-refractivity contribution in [3.63, 3.8) is 0 Å². The number of anilines is 1. The van der Waals surface area contributed by atoms with E-state index in [0.717, 1.165) is 24.0 Å². The summed E-state index contributed by atoms with van der Waals surface area (Å²) in [6.07, 6.45) is 1.55. The van der Waals surface area contributed by atoms with Crippen molar-refractivity contribution in [3.8, 4) is 5.88 Å². The Hall–Kier alpha value is -3.26. The number of aromatic nitrogens is 3. The Labute approximate surface area is 163 Å². The summed E-state index contributed by atoms with van der Waals surface area (Å²) in [5.41, 5.74) is 7.49. The van der Waals surface area contributed by atoms with Crippen LogP contribution in [0.4, 0.5) is 5.82 Å². The number of hydrogen-bond acceptors (Lipinski definition) is 7. The van der Waals surface area contributed by atoms with Crippen molar-refractivity contribution in [1.29, 1.82) is 0 Å². The van der Waals surface area contributed by atoms with Crippen molar-refractivity contribution in [2.24, 2.45) is 0 Å². The lowest BCUT2D eigenvalue weighted by Crippen LogP contribution is -2.48. The van der Waals surface area contributed by atoms with Gasteiger partial charge in [-0.3, -0.25) is 9.69 Å². The van der Waals surface area contributed by atoms with Gasteiger partial charge in [-0.1, -0.05) is 12.1 Å². The first-order valence-electron chi connectivity index (χ1n) is 9.17. The molecule has 1 saturated heterocycles. The number of benzene rings is 1. The van der Waals surface area contributed by atoms with Crippen LogP contribution < -0.4 is 10.5 Å². The van der Waals surface area contributed by atoms with Gasteiger partial charge in [0.2, 0.25) is 5.88 Å². The van der Waals surface area contributed by atoms with Crippen LogP contribution in [0.1, 0.15) is 16.2 Å². The minimum atomic E-state index is -0.0130. The van der Waals surface area contributed by atoms with Gasteiger partial charge < -0.3 is 15.4 Å². The Morgan fingerprint density at radius 2 is 1.89 bits per heavy atom. The van der Waals surface area contributed by atoms with Gasteiger partial charge in [0.25, 0.3) is 5.91 Å². The van der Waals surface area contributed by atoms with Gasteiger partial charge in [0.15, 0.2) is 0 Å². The smallest absolute Gasteiger partial charge is 0.255 e. The highest BCUT2D eigenvalue weighted by Crippen LogP contribution is 2.18. The number of nitrogens with zero attached hydrogens (tertiary/aromatic N) is 5. The van der Waals surface area contributed by atoms with E-state index < -0.39 is 0 Å². The Balaban J connectivity index is 1.38. The van der Waals surface area contributed by atoms with Crippen molar-refractivity contribution in [2.45, 2.75) is 6.54 Å². The summed E-state index contributed by atoms with van der Waals surface area (Å²) in [5, 5.41) is 0.870. The number of carbonyl (C=O) groups excluding carboxylic acids is 1. The molecular weight excluding hydrogens is 356 g/mol. The monoisotopic (exact) mass is 378 g/mol. The number of nitrogen functional groups attached to an aromatic ring is 1. The van der Waals surface area contributed by atoms with Gasteiger partial charge >= 0.3 is 0 Å². The number of pyridine rings is 1. The SMILES string of the molecule is COc1ccc(C(=O)N2CCN(Cc3nc(N)c4ccccc4n3)CC2)cn1. The highest BCUT2D eigenvalue weighted by molar-refractivity contribution is 5.94. The molecule has 28 heavy (non-hydrogen) atoms. The van der Waals surface area contributed by atoms with Crippen molar-refractivity contribution < 1.29 is 9.53 Å². The van der Waals surface area contributed by atoms with Crippen molar-refractivity contribution in [3.05, 3.63) is 54.0 Å². The fourth-order valence-electron chi connectivity index (χ4n) is 3.34. The van der Waals surface area contributed by atoms with Gasteiger partial charge in [-0.2, -0.15) is 0 Å². The van der Waals surface area contributed by atoms with Crippen molar-refractivity contribution in [1.82, 2.24) is 24.8 Å². The Bertz CT molecular complexity index is 984. The molecule has 4 rings (SSSR count). The van der Waals surface area contributed by atoms with Crippen LogP contribution in [0.25, 0.3) is 10.9 Å². The van der Waals surface area contributed by atoms with E-state index >= 15 is 0 Å². The first-order valence-corrected chi connectivity index (χ1v) is 9.17. The molecule has 0 unspecified atom stereocenters. The van der Waals surface area contributed by atoms with E-state index in [-0.39, 0.29) is 5.91 Å². The van der Waals surface area contributed by atoms with Crippen LogP contribution in [-0.2, 0) is 6.54 Å². The van der Waals surface area contributed by atoms with E-state index in [0.29, 0.717) is 42.7 Å². The van der Waals surface area contributed by atoms with Crippen molar-refractivity contribution in [2.75, 3.05) is 39.0 Å². The number of carbonyl (C=O) groups is 1. The Morgan fingerprint density at radius 3 is 2.61 bits per heavy atom. The molecular formula is C20H22N6O2. The number of hydrogen-bond donors (Lipinski definition) is 1. The van der Waals surface area contributed by atoms with E-state index in [9.17, 15) is 4.79 Å². The standard InChI is InChI=1S/C20H22N6O2/c1-28-18-7-6-14(12-22-18)20(27)26-10-8-25(9-11-26)13-17-23-16-5-3-2-4-15(16)19(21)24-17/h2-7,12H,8-11,13H2,1H3,(H2,21,23,24). The predicted molar refractivity (Wildman–Crippen MR) is 106 cm³/mol. The number of piperazine rings is 1. The molecule has 0 atom stereocenters. The topological polar surface area (TPSA) is 97.5 Å². The van der Waals surface area contributed by atoms with E-state index in [1.807, 2.05) is 29.2 Å². The first-order chi connectivity index (χ1) is 13.6. The molecule has 3 aromatic rings. The summed E-state index contributed by atoms with van der Waals surface area (Å²) in [7, 11) is 1.55. The van der Waals surface area contributed by atoms with E-state index in [4.69, 9.17) is 10.5 Å². The Morgan fingerprint density at radius 1 is 1.11 bits per heavy atom. The van der Waals surface area contributed by atoms with Crippen LogP contribution in [0.3, 0.4) is 0 Å². The molecule has 1 aliphatic rings. The third kappa shape index (κ3) is 3.72. The average Bonchev–Trinajstić information content (AvgIpc) is 2.74. The first kappa shape index (κ1) is 18.1. The second kappa shape index (κ2) is 7.77. The molecule has 144 valence electrons. The van der Waals surface area contributed by atoms with Crippen LogP contribution in [-0.4, -0.2) is 63.9 Å². The minimum Gasteiger partial charge on any atom is -0.481 e. The largest absolute Gasteiger partial charge is 0.481 e. The van der Waals surface area contributed by atoms with E-state index in [1.165, 1.54) is 0 Å². The molecule has 2 N–H and O–H groups in total. The number of methoxy groups -OCH3 is 1. The molecule has 3 heterocycles. The molecule has 0 aliphatic carbocycles. The molecule has 2 aromatic heterocycles. The number of nitrogens with two attached hydrogens (primary N) is 1. The van der Waals surface area contributed by atoms with Crippen molar-refractivity contribution >= 4 is 22.6 Å². The van der Waals surface area contributed by atoms with Gasteiger partial charge in [-0.15, -0.1) is 0 Å². The maximum Gasteiger partial charge on any atom is 0.255 e. The third-order valence-corrected chi connectivity index (χ3v) is 4.90. The highest BCUT2D eigenvalue weighted by Gasteiger charge is 2.23. The summed E-state index contributed by atoms with van der Waals surface area (Å²) in [6, 6.07) is 11.2. The van der Waals surface area contributed by atoms with Gasteiger partial charge in [-0.05, 0) is 18.2 Å². The molecule has 8 heteroatoms. The van der Waals surface area contributed by atoms with Crippen LogP contribution in [0.2, 0.25) is 0 Å². The predicted octanol–water partition coefficient (Wildman–Crippen LogP) is 1.57. The molecule has 1 aromatic carbocycles. The maximum atomic E-state index is 12.6. The lowest BCUT2D eigenvalue weighted by molar-refractivity contribution is 0.0625. The molecule has 0 spiro atoms. The van der Waals surface area contributed by atoms with Crippen LogP contribution >= 0.6 is 0 Å². The van der Waals surface area contributed by atoms with Gasteiger partial charge in [-0.25, -0.2) is 15.0 Å². The highest BCUT2D eigenvalue weighted by atomic mass is 16.5. The summed E-state index contributed by atoms with van der Waals surface area (Å²) in [5.74, 6) is 1.69. The fraction of sp³-hybridized carbons (Fsp3) is 0.300.